The lowest BCUT2D eigenvalue weighted by atomic mass is 9.80. The second kappa shape index (κ2) is 18.2. The van der Waals surface area contributed by atoms with Crippen LogP contribution in [0.25, 0.3) is 0 Å². The molecule has 0 saturated carbocycles. The van der Waals surface area contributed by atoms with Crippen LogP contribution in [0.15, 0.2) is 133 Å². The molecule has 9 heteroatoms. The fourth-order valence-electron chi connectivity index (χ4n) is 7.63. The molecule has 0 N–H and O–H groups in total. The molecule has 1 unspecified atom stereocenters. The van der Waals surface area contributed by atoms with E-state index < -0.39 is 41.2 Å². The Hall–Kier alpha value is -4.54. The predicted molar refractivity (Wildman–Crippen MR) is 223 cm³/mol. The van der Waals surface area contributed by atoms with E-state index >= 15 is 0 Å². The Kier molecular flexibility index (Phi) is 13.0. The predicted octanol–water partition coefficient (Wildman–Crippen LogP) is 10.0. The van der Waals surface area contributed by atoms with Crippen molar-refractivity contribution in [3.8, 4) is 5.75 Å². The normalized spacial score (nSPS) is 23.3. The first kappa shape index (κ1) is 41.6. The van der Waals surface area contributed by atoms with Crippen molar-refractivity contribution in [1.29, 1.82) is 0 Å². The van der Waals surface area contributed by atoms with E-state index in [1.807, 2.05) is 156 Å². The van der Waals surface area contributed by atoms with Gasteiger partial charge in [0.25, 0.3) is 0 Å². The average Bonchev–Trinajstić information content (AvgIpc) is 3.60. The van der Waals surface area contributed by atoms with Crippen molar-refractivity contribution in [2.45, 2.75) is 96.7 Å². The van der Waals surface area contributed by atoms with E-state index in [9.17, 15) is 4.79 Å². The minimum Gasteiger partial charge on any atom is -0.492 e. The van der Waals surface area contributed by atoms with Gasteiger partial charge in [0, 0.05) is 5.56 Å². The molecule has 2 aliphatic rings. The van der Waals surface area contributed by atoms with Crippen LogP contribution in [0.1, 0.15) is 68.0 Å². The Labute approximate surface area is 347 Å². The van der Waals surface area contributed by atoms with Crippen LogP contribution in [0.4, 0.5) is 0 Å². The van der Waals surface area contributed by atoms with Crippen LogP contribution in [-0.4, -0.2) is 49.2 Å². The standard InChI is InChI=1S/C49H53ClO8/c1-6-52-42-26-25-39(29-41(42)50)27-38-23-16-24-40(28-38)49-45(55-32-37-21-14-9-15-22-37)43(53-30-35-17-10-7-11-18-35)44(54-31-36-19-12-8-13-20-36)48(58-49,33-56-49)34(2)57-46(51)47(3,4)5/h7-26,28-29,34,43-45H,6,27,30-33H2,1-5H3/t34?,43-,44-,45+,48+,49-/m0/s1. The molecule has 0 aliphatic carbocycles. The van der Waals surface area contributed by atoms with Crippen LogP contribution in [-0.2, 0) is 65.2 Å². The Balaban J connectivity index is 1.34. The van der Waals surface area contributed by atoms with E-state index in [4.69, 9.17) is 44.8 Å². The van der Waals surface area contributed by atoms with Crippen molar-refractivity contribution in [2.75, 3.05) is 13.2 Å². The number of esters is 1. The lowest BCUT2D eigenvalue weighted by Gasteiger charge is -2.52. The van der Waals surface area contributed by atoms with Crippen molar-refractivity contribution < 1.29 is 38.0 Å². The molecule has 304 valence electrons. The van der Waals surface area contributed by atoms with Gasteiger partial charge >= 0.3 is 5.97 Å². The summed E-state index contributed by atoms with van der Waals surface area (Å²) in [5.41, 5.74) is 3.63. The van der Waals surface area contributed by atoms with E-state index in [1.54, 1.807) is 0 Å². The molecule has 2 aliphatic heterocycles. The molecule has 2 fully saturated rings. The lowest BCUT2D eigenvalue weighted by Crippen LogP contribution is -2.69. The second-order valence-electron chi connectivity index (χ2n) is 16.1. The summed E-state index contributed by atoms with van der Waals surface area (Å²) in [7, 11) is 0. The quantitative estimate of drug-likeness (QED) is 0.0913. The molecule has 8 nitrogen and oxygen atoms in total. The van der Waals surface area contributed by atoms with Gasteiger partial charge in [0.05, 0.1) is 43.5 Å². The van der Waals surface area contributed by atoms with Crippen molar-refractivity contribution in [1.82, 2.24) is 0 Å². The van der Waals surface area contributed by atoms with Gasteiger partial charge in [-0.25, -0.2) is 0 Å². The lowest BCUT2D eigenvalue weighted by molar-refractivity contribution is -0.360. The fourth-order valence-corrected chi connectivity index (χ4v) is 7.89. The number of rotatable bonds is 16. The maximum absolute atomic E-state index is 13.6. The van der Waals surface area contributed by atoms with Gasteiger partial charge in [-0.15, -0.1) is 0 Å². The van der Waals surface area contributed by atoms with E-state index in [2.05, 4.69) is 12.1 Å². The number of carbonyl (C=O) groups is 1. The molecule has 0 amide bonds. The van der Waals surface area contributed by atoms with Crippen molar-refractivity contribution in [3.05, 3.63) is 172 Å². The van der Waals surface area contributed by atoms with Gasteiger partial charge < -0.3 is 33.2 Å². The highest BCUT2D eigenvalue weighted by molar-refractivity contribution is 6.32. The summed E-state index contributed by atoms with van der Waals surface area (Å²) in [6, 6.07) is 44.0. The number of ether oxygens (including phenoxy) is 7. The van der Waals surface area contributed by atoms with Crippen molar-refractivity contribution >= 4 is 17.6 Å². The maximum Gasteiger partial charge on any atom is 0.311 e. The zero-order chi connectivity index (χ0) is 40.8. The highest BCUT2D eigenvalue weighted by Gasteiger charge is 2.72. The molecule has 5 aromatic carbocycles. The first-order valence-corrected chi connectivity index (χ1v) is 20.4. The summed E-state index contributed by atoms with van der Waals surface area (Å²) in [6.07, 6.45) is -2.62. The van der Waals surface area contributed by atoms with Gasteiger partial charge in [-0.2, -0.15) is 0 Å². The van der Waals surface area contributed by atoms with Gasteiger partial charge in [-0.05, 0) is 87.1 Å². The largest absolute Gasteiger partial charge is 0.492 e. The molecule has 2 heterocycles. The topological polar surface area (TPSA) is 81.7 Å². The summed E-state index contributed by atoms with van der Waals surface area (Å²) >= 11 is 6.62. The SMILES string of the molecule is CCOc1ccc(Cc2cccc([C@]34OC[C@](C(C)OC(=O)C(C)(C)C)(O3)[C@@H](OCc3ccccc3)[C@H](OCc3ccccc3)[C@H]4OCc3ccccc3)c2)cc1Cl. The minimum atomic E-state index is -1.49. The monoisotopic (exact) mass is 804 g/mol. The minimum absolute atomic E-state index is 0.0418. The van der Waals surface area contributed by atoms with Crippen LogP contribution >= 0.6 is 11.6 Å². The Bertz CT molecular complexity index is 2110. The second-order valence-corrected chi connectivity index (χ2v) is 16.5. The number of halogens is 1. The number of carbonyl (C=O) groups excluding carboxylic acids is 1. The summed E-state index contributed by atoms with van der Waals surface area (Å²) in [5.74, 6) is -1.20. The third-order valence-electron chi connectivity index (χ3n) is 10.8. The van der Waals surface area contributed by atoms with E-state index in [0.717, 1.165) is 33.4 Å². The first-order chi connectivity index (χ1) is 28.0. The maximum atomic E-state index is 13.6. The molecule has 5 aromatic rings. The zero-order valence-electron chi connectivity index (χ0n) is 33.9. The van der Waals surface area contributed by atoms with Crippen LogP contribution in [0, 0.1) is 5.41 Å². The molecule has 2 bridgehead atoms. The molecular weight excluding hydrogens is 752 g/mol. The van der Waals surface area contributed by atoms with E-state index in [-0.39, 0.29) is 32.4 Å². The molecular formula is C49H53ClO8. The number of benzene rings is 5. The highest BCUT2D eigenvalue weighted by Crippen LogP contribution is 2.55. The fraction of sp³-hybridized carbons (Fsp3) is 0.367. The Morgan fingerprint density at radius 1 is 0.724 bits per heavy atom. The smallest absolute Gasteiger partial charge is 0.311 e. The van der Waals surface area contributed by atoms with Crippen LogP contribution in [0.3, 0.4) is 0 Å². The molecule has 0 aromatic heterocycles. The molecule has 0 radical (unpaired) electrons. The summed E-state index contributed by atoms with van der Waals surface area (Å²) < 4.78 is 47.5. The highest BCUT2D eigenvalue weighted by atomic mass is 35.5. The van der Waals surface area contributed by atoms with Crippen LogP contribution in [0.2, 0.25) is 5.02 Å². The van der Waals surface area contributed by atoms with Crippen LogP contribution in [0.5, 0.6) is 5.75 Å². The van der Waals surface area contributed by atoms with E-state index in [1.165, 1.54) is 0 Å². The number of fused-ring (bicyclic) bond motifs is 2. The van der Waals surface area contributed by atoms with Crippen molar-refractivity contribution in [3.63, 3.8) is 0 Å². The number of hydrogen-bond donors (Lipinski definition) is 0. The summed E-state index contributed by atoms with van der Waals surface area (Å²) in [5, 5.41) is 0.557. The van der Waals surface area contributed by atoms with Gasteiger partial charge in [0.15, 0.2) is 5.60 Å². The Morgan fingerprint density at radius 3 is 1.84 bits per heavy atom. The van der Waals surface area contributed by atoms with Crippen molar-refractivity contribution in [2.24, 2.45) is 5.41 Å². The summed E-state index contributed by atoms with van der Waals surface area (Å²) in [4.78, 5) is 13.6. The molecule has 2 saturated heterocycles. The number of hydrogen-bond acceptors (Lipinski definition) is 8. The third kappa shape index (κ3) is 9.18. The van der Waals surface area contributed by atoms with Gasteiger partial charge in [0.2, 0.25) is 5.79 Å². The molecule has 6 atom stereocenters. The van der Waals surface area contributed by atoms with Gasteiger partial charge in [-0.3, -0.25) is 4.79 Å². The average molecular weight is 805 g/mol. The molecule has 58 heavy (non-hydrogen) atoms. The third-order valence-corrected chi connectivity index (χ3v) is 11.1. The van der Waals surface area contributed by atoms with Gasteiger partial charge in [0.1, 0.15) is 30.2 Å². The Morgan fingerprint density at radius 2 is 1.28 bits per heavy atom. The first-order valence-electron chi connectivity index (χ1n) is 20.0. The van der Waals surface area contributed by atoms with E-state index in [0.29, 0.717) is 23.8 Å². The summed E-state index contributed by atoms with van der Waals surface area (Å²) in [6.45, 7) is 10.6. The zero-order valence-corrected chi connectivity index (χ0v) is 34.7. The van der Waals surface area contributed by atoms with Crippen LogP contribution < -0.4 is 4.74 Å². The molecule has 0 spiro atoms. The van der Waals surface area contributed by atoms with Gasteiger partial charge in [-0.1, -0.05) is 127 Å². The molecule has 7 rings (SSSR count).